The van der Waals surface area contributed by atoms with Gasteiger partial charge in [-0.1, -0.05) is 0 Å². The highest BCUT2D eigenvalue weighted by Gasteiger charge is 2.45. The first-order valence-electron chi connectivity index (χ1n) is 7.50. The summed E-state index contributed by atoms with van der Waals surface area (Å²) in [6.07, 6.45) is 1.87. The van der Waals surface area contributed by atoms with Crippen LogP contribution in [0.4, 0.5) is 0 Å². The molecule has 0 aliphatic carbocycles. The molecule has 2 rings (SSSR count). The first-order chi connectivity index (χ1) is 10.3. The third kappa shape index (κ3) is 3.88. The van der Waals surface area contributed by atoms with Crippen LogP contribution in [0.25, 0.3) is 0 Å². The Balaban J connectivity index is 2.17. The lowest BCUT2D eigenvalue weighted by atomic mass is 9.97. The molecule has 22 heavy (non-hydrogen) atoms. The molecule has 0 amide bonds. The molecule has 0 unspecified atom stereocenters. The van der Waals surface area contributed by atoms with Crippen LogP contribution in [0.15, 0.2) is 22.8 Å². The van der Waals surface area contributed by atoms with Gasteiger partial charge in [-0.3, -0.25) is 14.9 Å². The summed E-state index contributed by atoms with van der Waals surface area (Å²) in [5, 5.41) is 3.13. The highest BCUT2D eigenvalue weighted by molar-refractivity contribution is 5.80. The number of ether oxygens (including phenoxy) is 2. The van der Waals surface area contributed by atoms with Gasteiger partial charge in [-0.2, -0.15) is 0 Å². The van der Waals surface area contributed by atoms with Crippen LogP contribution < -0.4 is 5.32 Å². The molecule has 1 N–H and O–H groups in total. The number of carbonyl (C=O) groups excluding carboxylic acids is 2. The number of esters is 2. The van der Waals surface area contributed by atoms with Gasteiger partial charge in [-0.25, -0.2) is 0 Å². The molecule has 0 aromatic carbocycles. The van der Waals surface area contributed by atoms with E-state index in [0.717, 1.165) is 0 Å². The average Bonchev–Trinajstić information content (AvgIpc) is 3.06. The van der Waals surface area contributed by atoms with Crippen LogP contribution in [-0.4, -0.2) is 30.2 Å². The zero-order valence-electron chi connectivity index (χ0n) is 13.4. The summed E-state index contributed by atoms with van der Waals surface area (Å²) in [5.41, 5.74) is -0.577. The molecule has 0 spiro atoms. The fourth-order valence-electron chi connectivity index (χ4n) is 2.56. The Morgan fingerprint density at radius 3 is 2.64 bits per heavy atom. The van der Waals surface area contributed by atoms with E-state index >= 15 is 0 Å². The molecular weight excluding hydrogens is 286 g/mol. The number of furan rings is 1. The summed E-state index contributed by atoms with van der Waals surface area (Å²) in [5.74, 6) is -0.569. The SMILES string of the molecule is CCOC(=O)[C@@H]1C[C@H](C(=O)OC(C)(C)C)[C@@H](c2ccco2)N1. The quantitative estimate of drug-likeness (QED) is 0.859. The van der Waals surface area contributed by atoms with E-state index in [-0.39, 0.29) is 18.0 Å². The Bertz CT molecular complexity index is 517. The van der Waals surface area contributed by atoms with Gasteiger partial charge in [0.05, 0.1) is 24.8 Å². The molecule has 2 heterocycles. The zero-order valence-corrected chi connectivity index (χ0v) is 13.4. The smallest absolute Gasteiger partial charge is 0.323 e. The van der Waals surface area contributed by atoms with E-state index in [2.05, 4.69) is 5.32 Å². The fraction of sp³-hybridized carbons (Fsp3) is 0.625. The molecule has 1 aliphatic heterocycles. The van der Waals surface area contributed by atoms with Gasteiger partial charge < -0.3 is 13.9 Å². The van der Waals surface area contributed by atoms with Gasteiger partial charge in [-0.15, -0.1) is 0 Å². The van der Waals surface area contributed by atoms with E-state index in [1.54, 1.807) is 25.3 Å². The van der Waals surface area contributed by atoms with Crippen molar-refractivity contribution in [1.29, 1.82) is 0 Å². The first kappa shape index (κ1) is 16.5. The van der Waals surface area contributed by atoms with Crippen molar-refractivity contribution >= 4 is 11.9 Å². The van der Waals surface area contributed by atoms with Gasteiger partial charge >= 0.3 is 11.9 Å². The molecular formula is C16H23NO5. The largest absolute Gasteiger partial charge is 0.468 e. The highest BCUT2D eigenvalue weighted by atomic mass is 16.6. The van der Waals surface area contributed by atoms with Crippen LogP contribution in [0.2, 0.25) is 0 Å². The molecule has 0 saturated carbocycles. The van der Waals surface area contributed by atoms with Crippen LogP contribution in [0.5, 0.6) is 0 Å². The van der Waals surface area contributed by atoms with Crippen LogP contribution in [-0.2, 0) is 19.1 Å². The lowest BCUT2D eigenvalue weighted by Gasteiger charge is -2.24. The molecule has 1 aromatic rings. The Labute approximate surface area is 130 Å². The maximum absolute atomic E-state index is 12.4. The minimum atomic E-state index is -0.577. The minimum Gasteiger partial charge on any atom is -0.468 e. The van der Waals surface area contributed by atoms with Gasteiger partial charge in [0.1, 0.15) is 17.4 Å². The number of carbonyl (C=O) groups is 2. The summed E-state index contributed by atoms with van der Waals surface area (Å²) < 4.78 is 15.9. The molecule has 1 fully saturated rings. The topological polar surface area (TPSA) is 77.8 Å². The Morgan fingerprint density at radius 2 is 2.09 bits per heavy atom. The van der Waals surface area contributed by atoms with Crippen molar-refractivity contribution < 1.29 is 23.5 Å². The summed E-state index contributed by atoms with van der Waals surface area (Å²) in [4.78, 5) is 24.4. The van der Waals surface area contributed by atoms with E-state index in [4.69, 9.17) is 13.9 Å². The number of nitrogens with one attached hydrogen (secondary N) is 1. The van der Waals surface area contributed by atoms with Crippen LogP contribution in [0, 0.1) is 5.92 Å². The van der Waals surface area contributed by atoms with Crippen LogP contribution in [0.1, 0.15) is 45.9 Å². The predicted molar refractivity (Wildman–Crippen MR) is 79.0 cm³/mol. The zero-order chi connectivity index (χ0) is 16.3. The number of rotatable bonds is 4. The summed E-state index contributed by atoms with van der Waals surface area (Å²) in [6.45, 7) is 7.51. The molecule has 1 aliphatic rings. The highest BCUT2D eigenvalue weighted by Crippen LogP contribution is 2.35. The molecule has 1 saturated heterocycles. The molecule has 6 heteroatoms. The van der Waals surface area contributed by atoms with Crippen molar-refractivity contribution in [2.24, 2.45) is 5.92 Å². The van der Waals surface area contributed by atoms with Crippen LogP contribution >= 0.6 is 0 Å². The lowest BCUT2D eigenvalue weighted by Crippen LogP contribution is -2.34. The fourth-order valence-corrected chi connectivity index (χ4v) is 2.56. The third-order valence-corrected chi connectivity index (χ3v) is 3.40. The van der Waals surface area contributed by atoms with Gasteiger partial charge in [0.25, 0.3) is 0 Å². The van der Waals surface area contributed by atoms with Crippen molar-refractivity contribution in [1.82, 2.24) is 5.32 Å². The van der Waals surface area contributed by atoms with Crippen molar-refractivity contribution in [2.75, 3.05) is 6.61 Å². The summed E-state index contributed by atoms with van der Waals surface area (Å²) in [6, 6.07) is 2.61. The monoisotopic (exact) mass is 309 g/mol. The Morgan fingerprint density at radius 1 is 1.36 bits per heavy atom. The van der Waals surface area contributed by atoms with E-state index in [0.29, 0.717) is 18.8 Å². The van der Waals surface area contributed by atoms with Gasteiger partial charge in [0.15, 0.2) is 0 Å². The standard InChI is InChI=1S/C16H23NO5/c1-5-20-15(19)11-9-10(14(18)22-16(2,3)4)13(17-11)12-7-6-8-21-12/h6-8,10-11,13,17H,5,9H2,1-4H3/t10-,11-,13-/m0/s1. The maximum atomic E-state index is 12.4. The van der Waals surface area contributed by atoms with Crippen molar-refractivity contribution in [2.45, 2.75) is 51.8 Å². The minimum absolute atomic E-state index is 0.305. The van der Waals surface area contributed by atoms with E-state index < -0.39 is 17.6 Å². The average molecular weight is 309 g/mol. The first-order valence-corrected chi connectivity index (χ1v) is 7.50. The Kier molecular flexibility index (Phi) is 4.90. The number of hydrogen-bond donors (Lipinski definition) is 1. The Hall–Kier alpha value is -1.82. The molecule has 6 nitrogen and oxygen atoms in total. The van der Waals surface area contributed by atoms with E-state index in [1.807, 2.05) is 20.8 Å². The van der Waals surface area contributed by atoms with Gasteiger partial charge in [-0.05, 0) is 46.2 Å². The number of hydrogen-bond acceptors (Lipinski definition) is 6. The van der Waals surface area contributed by atoms with Gasteiger partial charge in [0, 0.05) is 0 Å². The van der Waals surface area contributed by atoms with E-state index in [1.165, 1.54) is 0 Å². The maximum Gasteiger partial charge on any atom is 0.323 e. The predicted octanol–water partition coefficient (Wildman–Crippen LogP) is 2.20. The molecule has 1 aromatic heterocycles. The normalized spacial score (nSPS) is 25.0. The second-order valence-corrected chi connectivity index (χ2v) is 6.34. The molecule has 3 atom stereocenters. The van der Waals surface area contributed by atoms with Gasteiger partial charge in [0.2, 0.25) is 0 Å². The third-order valence-electron chi connectivity index (χ3n) is 3.40. The molecule has 122 valence electrons. The second-order valence-electron chi connectivity index (χ2n) is 6.34. The summed E-state index contributed by atoms with van der Waals surface area (Å²) in [7, 11) is 0. The summed E-state index contributed by atoms with van der Waals surface area (Å²) >= 11 is 0. The second kappa shape index (κ2) is 6.52. The van der Waals surface area contributed by atoms with Crippen molar-refractivity contribution in [3.63, 3.8) is 0 Å². The lowest BCUT2D eigenvalue weighted by molar-refractivity contribution is -0.160. The van der Waals surface area contributed by atoms with Crippen molar-refractivity contribution in [3.8, 4) is 0 Å². The van der Waals surface area contributed by atoms with E-state index in [9.17, 15) is 9.59 Å². The molecule has 0 radical (unpaired) electrons. The van der Waals surface area contributed by atoms with Crippen LogP contribution in [0.3, 0.4) is 0 Å². The van der Waals surface area contributed by atoms with Crippen molar-refractivity contribution in [3.05, 3.63) is 24.2 Å². The molecule has 0 bridgehead atoms.